The van der Waals surface area contributed by atoms with E-state index in [1.54, 1.807) is 19.4 Å². The molecule has 1 saturated heterocycles. The first kappa shape index (κ1) is 15.9. The van der Waals surface area contributed by atoms with Crippen molar-refractivity contribution in [2.24, 2.45) is 5.92 Å². The highest BCUT2D eigenvalue weighted by molar-refractivity contribution is 7.90. The van der Waals surface area contributed by atoms with E-state index >= 15 is 0 Å². The third-order valence-corrected chi connectivity index (χ3v) is 4.49. The van der Waals surface area contributed by atoms with Crippen molar-refractivity contribution in [3.63, 3.8) is 0 Å². The molecule has 114 valence electrons. The number of hydrogen-bond donors (Lipinski definition) is 2. The molecule has 0 saturated carbocycles. The zero-order valence-corrected chi connectivity index (χ0v) is 13.2. The smallest absolute Gasteiger partial charge is 0.234 e. The van der Waals surface area contributed by atoms with Gasteiger partial charge in [-0.25, -0.2) is 5.43 Å². The maximum atomic E-state index is 11.8. The summed E-state index contributed by atoms with van der Waals surface area (Å²) in [5.74, 6) is 0.907. The molecule has 2 N–H and O–H groups in total. The van der Waals surface area contributed by atoms with Crippen LogP contribution in [0.1, 0.15) is 18.9 Å². The van der Waals surface area contributed by atoms with Crippen LogP contribution < -0.4 is 15.6 Å². The van der Waals surface area contributed by atoms with Gasteiger partial charge in [0.25, 0.3) is 0 Å². The number of hydrogen-bond acceptors (Lipinski definition) is 4. The average molecular weight is 308 g/mol. The van der Waals surface area contributed by atoms with E-state index in [9.17, 15) is 9.35 Å². The Morgan fingerprint density at radius 2 is 2.24 bits per heavy atom. The largest absolute Gasteiger partial charge is 0.612 e. The number of methoxy groups -OCH3 is 1. The molecule has 5 nitrogen and oxygen atoms in total. The summed E-state index contributed by atoms with van der Waals surface area (Å²) in [7, 11) is 1.59. The first-order valence-electron chi connectivity index (χ1n) is 6.75. The van der Waals surface area contributed by atoms with Gasteiger partial charge in [0.2, 0.25) is 5.91 Å². The molecule has 1 aliphatic rings. The maximum Gasteiger partial charge on any atom is 0.234 e. The molecule has 1 aromatic carbocycles. The monoisotopic (exact) mass is 308 g/mol. The molecular weight excluding hydrogens is 288 g/mol. The van der Waals surface area contributed by atoms with Gasteiger partial charge in [-0.05, 0) is 29.2 Å². The first-order valence-corrected chi connectivity index (χ1v) is 8.31. The van der Waals surface area contributed by atoms with Crippen LogP contribution >= 0.6 is 0 Å². The minimum absolute atomic E-state index is 0.00643. The molecule has 1 heterocycles. The molecular formula is C15H20N2O3S. The second kappa shape index (κ2) is 6.98. The van der Waals surface area contributed by atoms with Gasteiger partial charge in [-0.15, -0.1) is 0 Å². The molecule has 1 aromatic rings. The number of benzene rings is 1. The summed E-state index contributed by atoms with van der Waals surface area (Å²) in [6.07, 6.45) is 6.06. The molecule has 0 aromatic heterocycles. The summed E-state index contributed by atoms with van der Waals surface area (Å²) >= 11 is -1.09. The quantitative estimate of drug-likeness (QED) is 0.826. The van der Waals surface area contributed by atoms with Crippen LogP contribution in [0.4, 0.5) is 0 Å². The number of rotatable bonds is 4. The summed E-state index contributed by atoms with van der Waals surface area (Å²) in [5, 5.41) is 0. The zero-order chi connectivity index (χ0) is 15.4. The van der Waals surface area contributed by atoms with E-state index in [4.69, 9.17) is 4.74 Å². The number of carbonyl (C=O) groups is 1. The van der Waals surface area contributed by atoms with E-state index < -0.39 is 11.2 Å². The van der Waals surface area contributed by atoms with Crippen molar-refractivity contribution in [1.29, 1.82) is 0 Å². The first-order chi connectivity index (χ1) is 10.0. The number of nitrogens with one attached hydrogen (secondary N) is 2. The molecule has 0 spiro atoms. The second-order valence-corrected chi connectivity index (χ2v) is 6.46. The van der Waals surface area contributed by atoms with Crippen molar-refractivity contribution < 1.29 is 14.1 Å². The topological polar surface area (TPSA) is 73.4 Å². The predicted octanol–water partition coefficient (Wildman–Crippen LogP) is 1.47. The Hall–Kier alpha value is -1.50. The van der Waals surface area contributed by atoms with E-state index in [1.165, 1.54) is 0 Å². The van der Waals surface area contributed by atoms with Crippen LogP contribution in [0.2, 0.25) is 0 Å². The van der Waals surface area contributed by atoms with Crippen molar-refractivity contribution in [2.75, 3.05) is 13.4 Å². The molecule has 0 radical (unpaired) electrons. The molecule has 3 atom stereocenters. The Morgan fingerprint density at radius 3 is 2.86 bits per heavy atom. The minimum atomic E-state index is -1.09. The van der Waals surface area contributed by atoms with E-state index in [1.807, 2.05) is 31.2 Å². The SMILES string of the molecule is COc1ccc(/C=C/C2NNC(=O)CC2C)c([S+](C)[O-])c1. The van der Waals surface area contributed by atoms with Crippen LogP contribution in [0.3, 0.4) is 0 Å². The summed E-state index contributed by atoms with van der Waals surface area (Å²) in [6, 6.07) is 5.58. The predicted molar refractivity (Wildman–Crippen MR) is 83.2 cm³/mol. The summed E-state index contributed by atoms with van der Waals surface area (Å²) in [6.45, 7) is 2.02. The van der Waals surface area contributed by atoms with Crippen LogP contribution in [0.5, 0.6) is 5.75 Å². The van der Waals surface area contributed by atoms with Crippen LogP contribution in [0.15, 0.2) is 29.2 Å². The Balaban J connectivity index is 2.18. The van der Waals surface area contributed by atoms with Gasteiger partial charge in [-0.2, -0.15) is 0 Å². The van der Waals surface area contributed by atoms with Crippen molar-refractivity contribution in [2.45, 2.75) is 24.3 Å². The van der Waals surface area contributed by atoms with E-state index in [0.717, 1.165) is 10.5 Å². The standard InChI is InChI=1S/C15H20N2O3S/c1-10-8-15(18)17-16-13(10)7-5-11-4-6-12(20-2)9-14(11)21(3)19/h4-7,9-10,13,16H,8H2,1-3H3,(H,17,18)/b7-5+. The van der Waals surface area contributed by atoms with Crippen molar-refractivity contribution in [3.05, 3.63) is 29.8 Å². The summed E-state index contributed by atoms with van der Waals surface area (Å²) in [5.41, 5.74) is 6.50. The Labute approximate surface area is 127 Å². The van der Waals surface area contributed by atoms with E-state index in [-0.39, 0.29) is 17.9 Å². The fourth-order valence-corrected chi connectivity index (χ4v) is 3.00. The summed E-state index contributed by atoms with van der Waals surface area (Å²) < 4.78 is 17.0. The average Bonchev–Trinajstić information content (AvgIpc) is 2.46. The molecule has 1 amide bonds. The van der Waals surface area contributed by atoms with Gasteiger partial charge in [0.05, 0.1) is 7.11 Å². The van der Waals surface area contributed by atoms with Crippen LogP contribution in [-0.4, -0.2) is 29.9 Å². The molecule has 21 heavy (non-hydrogen) atoms. The van der Waals surface area contributed by atoms with Crippen LogP contribution in [0.25, 0.3) is 6.08 Å². The fourth-order valence-electron chi connectivity index (χ4n) is 2.25. The Bertz CT molecular complexity index is 546. The van der Waals surface area contributed by atoms with Crippen LogP contribution in [-0.2, 0) is 16.0 Å². The molecule has 2 rings (SSSR count). The van der Waals surface area contributed by atoms with Gasteiger partial charge in [-0.3, -0.25) is 10.2 Å². The van der Waals surface area contributed by atoms with Gasteiger partial charge in [0.15, 0.2) is 4.90 Å². The van der Waals surface area contributed by atoms with Gasteiger partial charge in [0.1, 0.15) is 12.0 Å². The number of hydrazine groups is 1. The fraction of sp³-hybridized carbons (Fsp3) is 0.400. The maximum absolute atomic E-state index is 11.8. The number of ether oxygens (including phenoxy) is 1. The van der Waals surface area contributed by atoms with Gasteiger partial charge >= 0.3 is 0 Å². The molecule has 1 aliphatic heterocycles. The van der Waals surface area contributed by atoms with Gasteiger partial charge in [-0.1, -0.05) is 19.1 Å². The lowest BCUT2D eigenvalue weighted by Crippen LogP contribution is -2.52. The van der Waals surface area contributed by atoms with Gasteiger partial charge in [0, 0.05) is 24.1 Å². The normalized spacial score (nSPS) is 23.9. The lowest BCUT2D eigenvalue weighted by atomic mass is 9.96. The minimum Gasteiger partial charge on any atom is -0.612 e. The molecule has 0 bridgehead atoms. The third-order valence-electron chi connectivity index (χ3n) is 3.51. The van der Waals surface area contributed by atoms with Crippen LogP contribution in [0, 0.1) is 5.92 Å². The highest BCUT2D eigenvalue weighted by Gasteiger charge is 2.23. The Morgan fingerprint density at radius 1 is 1.48 bits per heavy atom. The molecule has 0 aliphatic carbocycles. The highest BCUT2D eigenvalue weighted by Crippen LogP contribution is 2.24. The lowest BCUT2D eigenvalue weighted by Gasteiger charge is -2.27. The highest BCUT2D eigenvalue weighted by atomic mass is 32.2. The molecule has 3 unspecified atom stereocenters. The molecule has 6 heteroatoms. The summed E-state index contributed by atoms with van der Waals surface area (Å²) in [4.78, 5) is 12.0. The van der Waals surface area contributed by atoms with E-state index in [0.29, 0.717) is 12.2 Å². The van der Waals surface area contributed by atoms with Crippen molar-refractivity contribution in [3.8, 4) is 5.75 Å². The van der Waals surface area contributed by atoms with Crippen molar-refractivity contribution in [1.82, 2.24) is 10.9 Å². The van der Waals surface area contributed by atoms with Gasteiger partial charge < -0.3 is 9.29 Å². The lowest BCUT2D eigenvalue weighted by molar-refractivity contribution is -0.125. The third kappa shape index (κ3) is 4.00. The number of carbonyl (C=O) groups excluding carboxylic acids is 1. The Kier molecular flexibility index (Phi) is 5.27. The van der Waals surface area contributed by atoms with Crippen molar-refractivity contribution >= 4 is 23.2 Å². The zero-order valence-electron chi connectivity index (χ0n) is 12.4. The molecule has 1 fully saturated rings. The number of amides is 1. The second-order valence-electron chi connectivity index (χ2n) is 5.12. The van der Waals surface area contributed by atoms with E-state index in [2.05, 4.69) is 10.9 Å².